The number of halogens is 5. The number of carbonyl (C=O) groups is 1. The van der Waals surface area contributed by atoms with Gasteiger partial charge in [-0.15, -0.1) is 0 Å². The van der Waals surface area contributed by atoms with Crippen LogP contribution >= 0.6 is 23.2 Å². The van der Waals surface area contributed by atoms with Crippen molar-refractivity contribution in [3.8, 4) is 0 Å². The SMILES string of the molecule is C=C/C(=C\C=C(/C)C(F)(F)F)N(C(=N)C=N/C=C(Cl)\C=C(/C)Cl)C(=O)NCCN(CC)CC. The first-order valence-electron chi connectivity index (χ1n) is 10.1. The Morgan fingerprint density at radius 1 is 1.18 bits per heavy atom. The summed E-state index contributed by atoms with van der Waals surface area (Å²) >= 11 is 11.6. The molecule has 0 atom stereocenters. The zero-order chi connectivity index (χ0) is 25.6. The Bertz CT molecular complexity index is 837. The van der Waals surface area contributed by atoms with E-state index in [-0.39, 0.29) is 17.3 Å². The maximum absolute atomic E-state index is 12.8. The lowest BCUT2D eigenvalue weighted by Gasteiger charge is -2.24. The summed E-state index contributed by atoms with van der Waals surface area (Å²) in [5.74, 6) is -0.410. The molecule has 33 heavy (non-hydrogen) atoms. The number of allylic oxidation sites excluding steroid dienone is 7. The molecule has 0 aliphatic heterocycles. The third-order valence-electron chi connectivity index (χ3n) is 4.19. The van der Waals surface area contributed by atoms with E-state index in [2.05, 4.69) is 21.8 Å². The Kier molecular flexibility index (Phi) is 14.4. The molecule has 0 aromatic rings. The number of urea groups is 1. The van der Waals surface area contributed by atoms with Crippen LogP contribution in [0.5, 0.6) is 0 Å². The molecule has 0 saturated carbocycles. The average molecular weight is 508 g/mol. The number of alkyl halides is 3. The molecule has 0 bridgehead atoms. The summed E-state index contributed by atoms with van der Waals surface area (Å²) in [5, 5.41) is 11.5. The number of amides is 2. The van der Waals surface area contributed by atoms with Crippen LogP contribution in [-0.2, 0) is 0 Å². The van der Waals surface area contributed by atoms with Gasteiger partial charge in [-0.05, 0) is 45.2 Å². The van der Waals surface area contributed by atoms with Gasteiger partial charge in [-0.1, -0.05) is 49.7 Å². The summed E-state index contributed by atoms with van der Waals surface area (Å²) in [4.78, 5) is 19.6. The Labute approximate surface area is 203 Å². The molecule has 11 heteroatoms. The molecule has 6 nitrogen and oxygen atoms in total. The van der Waals surface area contributed by atoms with Crippen molar-refractivity contribution in [2.75, 3.05) is 26.2 Å². The van der Waals surface area contributed by atoms with E-state index in [1.807, 2.05) is 13.8 Å². The molecule has 0 rings (SSSR count). The monoisotopic (exact) mass is 507 g/mol. The second-order valence-corrected chi connectivity index (χ2v) is 7.68. The number of rotatable bonds is 11. The number of nitrogens with one attached hydrogen (secondary N) is 2. The van der Waals surface area contributed by atoms with E-state index in [4.69, 9.17) is 28.6 Å². The van der Waals surface area contributed by atoms with E-state index < -0.39 is 23.6 Å². The maximum atomic E-state index is 12.8. The third kappa shape index (κ3) is 12.5. The minimum atomic E-state index is -4.52. The second-order valence-electron chi connectivity index (χ2n) is 6.65. The van der Waals surface area contributed by atoms with Gasteiger partial charge in [0.15, 0.2) is 5.84 Å². The van der Waals surface area contributed by atoms with Crippen LogP contribution in [0.4, 0.5) is 18.0 Å². The fraction of sp³-hybridized carbons (Fsp3) is 0.409. The molecular formula is C22H30Cl2F3N5O. The molecular weight excluding hydrogens is 478 g/mol. The van der Waals surface area contributed by atoms with Gasteiger partial charge < -0.3 is 10.2 Å². The molecule has 184 valence electrons. The molecule has 0 spiro atoms. The van der Waals surface area contributed by atoms with Gasteiger partial charge in [-0.25, -0.2) is 9.69 Å². The van der Waals surface area contributed by atoms with Crippen LogP contribution in [0.15, 0.2) is 63.4 Å². The van der Waals surface area contributed by atoms with Gasteiger partial charge >= 0.3 is 12.2 Å². The number of nitrogens with zero attached hydrogens (tertiary/aromatic N) is 3. The Balaban J connectivity index is 5.91. The average Bonchev–Trinajstić information content (AvgIpc) is 2.72. The topological polar surface area (TPSA) is 71.8 Å². The first-order valence-corrected chi connectivity index (χ1v) is 10.8. The van der Waals surface area contributed by atoms with E-state index in [9.17, 15) is 18.0 Å². The molecule has 0 aliphatic rings. The van der Waals surface area contributed by atoms with E-state index in [1.165, 1.54) is 18.4 Å². The lowest BCUT2D eigenvalue weighted by atomic mass is 10.2. The number of carbonyl (C=O) groups excluding carboxylic acids is 1. The zero-order valence-electron chi connectivity index (χ0n) is 19.1. The fourth-order valence-electron chi connectivity index (χ4n) is 2.31. The quantitative estimate of drug-likeness (QED) is 0.199. The van der Waals surface area contributed by atoms with Crippen molar-refractivity contribution in [1.29, 1.82) is 5.41 Å². The van der Waals surface area contributed by atoms with E-state index in [0.717, 1.165) is 43.3 Å². The molecule has 0 aliphatic carbocycles. The standard InChI is InChI=1S/C22H30Cl2F3N5O/c1-6-19(10-9-16(4)22(25,26)27)32(21(33)30-11-12-31(7-2)8-3)20(28)15-29-14-18(24)13-17(5)23/h6,9-10,13-15,28H,1,7-8,11-12H2,2-5H3,(H,30,33)/b16-9+,17-13+,18-14+,19-10+,28-20?,29-15?. The second kappa shape index (κ2) is 15.5. The van der Waals surface area contributed by atoms with Gasteiger partial charge in [0.2, 0.25) is 0 Å². The van der Waals surface area contributed by atoms with Crippen LogP contribution in [0, 0.1) is 5.41 Å². The number of likely N-dealkylation sites (N-methyl/N-ethyl adjacent to an activating group) is 1. The maximum Gasteiger partial charge on any atom is 0.412 e. The number of aliphatic imine (C=N–C) groups is 1. The predicted octanol–water partition coefficient (Wildman–Crippen LogP) is 6.19. The minimum Gasteiger partial charge on any atom is -0.336 e. The minimum absolute atomic E-state index is 0.0398. The van der Waals surface area contributed by atoms with Crippen molar-refractivity contribution >= 4 is 41.3 Å². The Hall–Kier alpha value is -2.36. The van der Waals surface area contributed by atoms with Crippen LogP contribution in [0.3, 0.4) is 0 Å². The molecule has 0 aromatic carbocycles. The number of amidine groups is 1. The first kappa shape index (κ1) is 30.6. The molecule has 2 amide bonds. The smallest absolute Gasteiger partial charge is 0.336 e. The summed E-state index contributed by atoms with van der Waals surface area (Å²) in [6, 6.07) is -0.714. The Morgan fingerprint density at radius 3 is 2.27 bits per heavy atom. The van der Waals surface area contributed by atoms with E-state index in [0.29, 0.717) is 11.6 Å². The van der Waals surface area contributed by atoms with Gasteiger partial charge in [-0.2, -0.15) is 13.2 Å². The number of hydrogen-bond donors (Lipinski definition) is 2. The van der Waals surface area contributed by atoms with Crippen LogP contribution in [-0.4, -0.2) is 60.2 Å². The molecule has 0 radical (unpaired) electrons. The first-order chi connectivity index (χ1) is 15.4. The van der Waals surface area contributed by atoms with Gasteiger partial charge in [0, 0.05) is 29.9 Å². The van der Waals surface area contributed by atoms with E-state index in [1.54, 1.807) is 6.92 Å². The van der Waals surface area contributed by atoms with Gasteiger partial charge in [0.25, 0.3) is 0 Å². The van der Waals surface area contributed by atoms with E-state index >= 15 is 0 Å². The lowest BCUT2D eigenvalue weighted by molar-refractivity contribution is -0.0913. The highest BCUT2D eigenvalue weighted by Crippen LogP contribution is 2.25. The zero-order valence-corrected chi connectivity index (χ0v) is 20.7. The molecule has 0 saturated heterocycles. The fourth-order valence-corrected chi connectivity index (χ4v) is 2.70. The van der Waals surface area contributed by atoms with Crippen LogP contribution < -0.4 is 5.32 Å². The van der Waals surface area contributed by atoms with Crippen molar-refractivity contribution in [3.05, 3.63) is 58.4 Å². The molecule has 0 fully saturated rings. The van der Waals surface area contributed by atoms with Gasteiger partial charge in [0.1, 0.15) is 0 Å². The van der Waals surface area contributed by atoms with Crippen LogP contribution in [0.1, 0.15) is 27.7 Å². The van der Waals surface area contributed by atoms with Gasteiger partial charge in [0.05, 0.1) is 16.9 Å². The summed E-state index contributed by atoms with van der Waals surface area (Å²) in [6.45, 7) is 12.5. The van der Waals surface area contributed by atoms with Crippen molar-refractivity contribution in [2.45, 2.75) is 33.9 Å². The summed E-state index contributed by atoms with van der Waals surface area (Å²) in [7, 11) is 0. The largest absolute Gasteiger partial charge is 0.412 e. The summed E-state index contributed by atoms with van der Waals surface area (Å²) < 4.78 is 38.5. The van der Waals surface area contributed by atoms with Gasteiger partial charge in [-0.3, -0.25) is 10.4 Å². The molecule has 0 unspecified atom stereocenters. The predicted molar refractivity (Wildman–Crippen MR) is 131 cm³/mol. The highest BCUT2D eigenvalue weighted by molar-refractivity contribution is 6.35. The summed E-state index contributed by atoms with van der Waals surface area (Å²) in [6.07, 6.45) is 2.19. The van der Waals surface area contributed by atoms with Crippen molar-refractivity contribution < 1.29 is 18.0 Å². The lowest BCUT2D eigenvalue weighted by Crippen LogP contribution is -2.45. The molecule has 0 heterocycles. The highest BCUT2D eigenvalue weighted by Gasteiger charge is 2.29. The van der Waals surface area contributed by atoms with Crippen molar-refractivity contribution in [1.82, 2.24) is 15.1 Å². The van der Waals surface area contributed by atoms with Crippen molar-refractivity contribution in [3.63, 3.8) is 0 Å². The van der Waals surface area contributed by atoms with Crippen LogP contribution in [0.2, 0.25) is 0 Å². The van der Waals surface area contributed by atoms with Crippen molar-refractivity contribution in [2.24, 2.45) is 4.99 Å². The highest BCUT2D eigenvalue weighted by atomic mass is 35.5. The van der Waals surface area contributed by atoms with Crippen LogP contribution in [0.25, 0.3) is 0 Å². The number of hydrogen-bond acceptors (Lipinski definition) is 4. The Morgan fingerprint density at radius 2 is 1.79 bits per heavy atom. The molecule has 0 aromatic heterocycles. The third-order valence-corrected chi connectivity index (χ3v) is 4.51. The molecule has 2 N–H and O–H groups in total. The summed E-state index contributed by atoms with van der Waals surface area (Å²) in [5.41, 5.74) is -0.913. The normalized spacial score (nSPS) is 14.1.